The zero-order valence-electron chi connectivity index (χ0n) is 10.7. The molecule has 2 aromatic carbocycles. The van der Waals surface area contributed by atoms with Crippen molar-refractivity contribution < 1.29 is 9.66 Å². The highest BCUT2D eigenvalue weighted by molar-refractivity contribution is 9.10. The van der Waals surface area contributed by atoms with Crippen LogP contribution in [0.5, 0.6) is 5.75 Å². The summed E-state index contributed by atoms with van der Waals surface area (Å²) in [5.41, 5.74) is 1.35. The molecule has 2 aromatic rings. The van der Waals surface area contributed by atoms with Gasteiger partial charge >= 0.3 is 0 Å². The fourth-order valence-electron chi connectivity index (χ4n) is 1.73. The average Bonchev–Trinajstić information content (AvgIpc) is 2.46. The third-order valence-corrected chi connectivity index (χ3v) is 3.88. The van der Waals surface area contributed by atoms with Crippen LogP contribution in [0.15, 0.2) is 40.9 Å². The Morgan fingerprint density at radius 1 is 1.24 bits per heavy atom. The Balaban J connectivity index is 2.18. The van der Waals surface area contributed by atoms with Gasteiger partial charge < -0.3 is 4.74 Å². The first-order chi connectivity index (χ1) is 10.0. The number of hydrogen-bond acceptors (Lipinski definition) is 3. The number of rotatable bonds is 5. The summed E-state index contributed by atoms with van der Waals surface area (Å²) in [6, 6.07) is 10.0. The van der Waals surface area contributed by atoms with Crippen molar-refractivity contribution in [3.05, 3.63) is 67.1 Å². The van der Waals surface area contributed by atoms with E-state index in [1.807, 2.05) is 0 Å². The Kier molecular flexibility index (Phi) is 5.45. The summed E-state index contributed by atoms with van der Waals surface area (Å²) in [5.74, 6) is 0.820. The van der Waals surface area contributed by atoms with Crippen molar-refractivity contribution >= 4 is 44.8 Å². The average molecular weight is 391 g/mol. The fraction of sp³-hybridized carbons (Fsp3) is 0.143. The highest BCUT2D eigenvalue weighted by atomic mass is 79.9. The Labute approximate surface area is 139 Å². The number of halogens is 3. The van der Waals surface area contributed by atoms with Crippen molar-refractivity contribution in [2.24, 2.45) is 0 Å². The molecule has 0 aliphatic heterocycles. The summed E-state index contributed by atoms with van der Waals surface area (Å²) in [7, 11) is 0. The van der Waals surface area contributed by atoms with Gasteiger partial charge in [-0.3, -0.25) is 10.1 Å². The molecule has 7 heteroatoms. The Morgan fingerprint density at radius 3 is 2.62 bits per heavy atom. The number of ether oxygens (including phenoxy) is 1. The van der Waals surface area contributed by atoms with Gasteiger partial charge in [-0.2, -0.15) is 0 Å². The van der Waals surface area contributed by atoms with Crippen LogP contribution < -0.4 is 4.74 Å². The minimum atomic E-state index is -0.443. The molecule has 110 valence electrons. The lowest BCUT2D eigenvalue weighted by Gasteiger charge is -2.09. The number of benzene rings is 2. The highest BCUT2D eigenvalue weighted by Gasteiger charge is 2.15. The molecule has 0 aliphatic rings. The molecule has 0 radical (unpaired) electrons. The standard InChI is InChI=1S/C14H10BrCl2NO3/c15-11-3-2-10(13(6-11)18(19)20)8-21-14-4-1-9(7-16)5-12(14)17/h1-6H,7-8H2. The third-order valence-electron chi connectivity index (χ3n) is 2.78. The van der Waals surface area contributed by atoms with Gasteiger partial charge in [0, 0.05) is 16.4 Å². The van der Waals surface area contributed by atoms with Gasteiger partial charge in [-0.05, 0) is 29.8 Å². The van der Waals surface area contributed by atoms with Crippen molar-refractivity contribution in [2.45, 2.75) is 12.5 Å². The molecule has 0 bridgehead atoms. The molecule has 0 spiro atoms. The van der Waals surface area contributed by atoms with Crippen molar-refractivity contribution in [1.82, 2.24) is 0 Å². The largest absolute Gasteiger partial charge is 0.487 e. The maximum absolute atomic E-state index is 11.0. The van der Waals surface area contributed by atoms with Gasteiger partial charge in [0.2, 0.25) is 0 Å². The third kappa shape index (κ3) is 4.09. The van der Waals surface area contributed by atoms with Crippen LogP contribution in [0.2, 0.25) is 5.02 Å². The van der Waals surface area contributed by atoms with Crippen molar-refractivity contribution in [2.75, 3.05) is 0 Å². The first-order valence-electron chi connectivity index (χ1n) is 5.91. The minimum Gasteiger partial charge on any atom is -0.487 e. The Hall–Kier alpha value is -1.30. The Bertz CT molecular complexity index is 679. The molecule has 0 saturated heterocycles. The second-order valence-electron chi connectivity index (χ2n) is 4.22. The van der Waals surface area contributed by atoms with Crippen LogP contribution in [-0.4, -0.2) is 4.92 Å². The molecule has 2 rings (SSSR count). The first-order valence-corrected chi connectivity index (χ1v) is 7.62. The second kappa shape index (κ2) is 7.11. The van der Waals surface area contributed by atoms with Crippen LogP contribution in [0.25, 0.3) is 0 Å². The lowest BCUT2D eigenvalue weighted by atomic mass is 10.2. The SMILES string of the molecule is O=[N+]([O-])c1cc(Br)ccc1COc1ccc(CCl)cc1Cl. The van der Waals surface area contributed by atoms with Crippen LogP contribution in [0.1, 0.15) is 11.1 Å². The lowest BCUT2D eigenvalue weighted by molar-refractivity contribution is -0.385. The summed E-state index contributed by atoms with van der Waals surface area (Å²) >= 11 is 15.0. The summed E-state index contributed by atoms with van der Waals surface area (Å²) in [5, 5.41) is 11.4. The maximum Gasteiger partial charge on any atom is 0.277 e. The number of nitro benzene ring substituents is 1. The number of alkyl halides is 1. The van der Waals surface area contributed by atoms with Gasteiger partial charge in [-0.15, -0.1) is 11.6 Å². The van der Waals surface area contributed by atoms with E-state index in [1.54, 1.807) is 30.3 Å². The normalized spacial score (nSPS) is 10.4. The van der Waals surface area contributed by atoms with E-state index in [0.717, 1.165) is 5.56 Å². The zero-order chi connectivity index (χ0) is 15.4. The monoisotopic (exact) mass is 389 g/mol. The van der Waals surface area contributed by atoms with E-state index in [0.29, 0.717) is 26.7 Å². The topological polar surface area (TPSA) is 52.4 Å². The molecular formula is C14H10BrCl2NO3. The van der Waals surface area contributed by atoms with Crippen molar-refractivity contribution in [3.8, 4) is 5.75 Å². The van der Waals surface area contributed by atoms with Crippen LogP contribution in [0.4, 0.5) is 5.69 Å². The van der Waals surface area contributed by atoms with E-state index >= 15 is 0 Å². The highest BCUT2D eigenvalue weighted by Crippen LogP contribution is 2.29. The minimum absolute atomic E-state index is 0.00197. The van der Waals surface area contributed by atoms with Gasteiger partial charge in [-0.1, -0.05) is 33.6 Å². The van der Waals surface area contributed by atoms with E-state index in [9.17, 15) is 10.1 Å². The van der Waals surface area contributed by atoms with Crippen LogP contribution >= 0.6 is 39.1 Å². The van der Waals surface area contributed by atoms with Gasteiger partial charge in [0.05, 0.1) is 15.5 Å². The van der Waals surface area contributed by atoms with E-state index < -0.39 is 4.92 Å². The zero-order valence-corrected chi connectivity index (χ0v) is 13.8. The summed E-state index contributed by atoms with van der Waals surface area (Å²) in [4.78, 5) is 10.6. The maximum atomic E-state index is 11.0. The molecule has 0 N–H and O–H groups in total. The van der Waals surface area contributed by atoms with E-state index in [4.69, 9.17) is 27.9 Å². The predicted molar refractivity (Wildman–Crippen MR) is 86.1 cm³/mol. The molecule has 0 unspecified atom stereocenters. The smallest absolute Gasteiger partial charge is 0.277 e. The molecule has 0 atom stereocenters. The van der Waals surface area contributed by atoms with E-state index in [-0.39, 0.29) is 12.3 Å². The molecule has 0 heterocycles. The molecule has 0 aromatic heterocycles. The quantitative estimate of drug-likeness (QED) is 0.394. The molecular weight excluding hydrogens is 381 g/mol. The summed E-state index contributed by atoms with van der Waals surface area (Å²) < 4.78 is 6.20. The molecule has 0 amide bonds. The number of hydrogen-bond donors (Lipinski definition) is 0. The number of nitrogens with zero attached hydrogens (tertiary/aromatic N) is 1. The Morgan fingerprint density at radius 2 is 2.00 bits per heavy atom. The summed E-state index contributed by atoms with van der Waals surface area (Å²) in [6.45, 7) is 0.0591. The molecule has 0 saturated carbocycles. The first kappa shape index (κ1) is 16.1. The van der Waals surface area contributed by atoms with E-state index in [2.05, 4.69) is 15.9 Å². The molecule has 0 aliphatic carbocycles. The van der Waals surface area contributed by atoms with Crippen LogP contribution in [0.3, 0.4) is 0 Å². The predicted octanol–water partition coefficient (Wildman–Crippen LogP) is 5.33. The van der Waals surface area contributed by atoms with Crippen molar-refractivity contribution in [3.63, 3.8) is 0 Å². The molecule has 0 fully saturated rings. The van der Waals surface area contributed by atoms with Crippen LogP contribution in [-0.2, 0) is 12.5 Å². The van der Waals surface area contributed by atoms with Gasteiger partial charge in [0.25, 0.3) is 5.69 Å². The molecule has 4 nitrogen and oxygen atoms in total. The lowest BCUT2D eigenvalue weighted by Crippen LogP contribution is -2.01. The fourth-order valence-corrected chi connectivity index (χ4v) is 2.50. The van der Waals surface area contributed by atoms with E-state index in [1.165, 1.54) is 6.07 Å². The van der Waals surface area contributed by atoms with Crippen LogP contribution in [0, 0.1) is 10.1 Å². The van der Waals surface area contributed by atoms with Gasteiger partial charge in [-0.25, -0.2) is 0 Å². The summed E-state index contributed by atoms with van der Waals surface area (Å²) in [6.07, 6.45) is 0. The second-order valence-corrected chi connectivity index (χ2v) is 5.81. The number of nitro groups is 1. The van der Waals surface area contributed by atoms with Gasteiger partial charge in [0.1, 0.15) is 12.4 Å². The van der Waals surface area contributed by atoms with Gasteiger partial charge in [0.15, 0.2) is 0 Å². The molecule has 21 heavy (non-hydrogen) atoms. The van der Waals surface area contributed by atoms with Crippen molar-refractivity contribution in [1.29, 1.82) is 0 Å².